The molecule has 0 aliphatic carbocycles. The molecule has 0 rings (SSSR count). The number of carbonyl (C=O) groups excluding carboxylic acids is 5. The zero-order valence-corrected chi connectivity index (χ0v) is 22.2. The molecule has 0 heterocycles. The van der Waals surface area contributed by atoms with Crippen LogP contribution in [0.1, 0.15) is 46.0 Å². The van der Waals surface area contributed by atoms with E-state index in [2.05, 4.69) is 33.9 Å². The van der Waals surface area contributed by atoms with Crippen molar-refractivity contribution >= 4 is 60.5 Å². The lowest BCUT2D eigenvalue weighted by atomic mass is 10.0. The Bertz CT molecular complexity index is 930. The van der Waals surface area contributed by atoms with Crippen LogP contribution in [0.25, 0.3) is 0 Å². The Balaban J connectivity index is 5.77. The zero-order chi connectivity index (χ0) is 30.3. The van der Waals surface area contributed by atoms with Crippen LogP contribution < -0.4 is 27.0 Å². The summed E-state index contributed by atoms with van der Waals surface area (Å²) in [7, 11) is 0. The predicted octanol–water partition coefficient (Wildman–Crippen LogP) is -2.85. The number of amides is 4. The topological polar surface area (TPSA) is 271 Å². The molecule has 0 unspecified atom stereocenters. The van der Waals surface area contributed by atoms with Gasteiger partial charge in [0, 0.05) is 18.6 Å². The van der Waals surface area contributed by atoms with E-state index >= 15 is 0 Å². The number of rotatable bonds is 19. The molecule has 16 nitrogen and oxygen atoms in total. The number of carboxylic acids is 3. The van der Waals surface area contributed by atoms with Crippen molar-refractivity contribution in [2.45, 2.75) is 76.2 Å². The molecule has 0 saturated carbocycles. The van der Waals surface area contributed by atoms with Crippen molar-refractivity contribution < 1.29 is 53.7 Å². The van der Waals surface area contributed by atoms with Gasteiger partial charge in [0.2, 0.25) is 29.9 Å². The Morgan fingerprint density at radius 2 is 1.21 bits per heavy atom. The SMILES string of the molecule is CC(C)[C@H](NC(=O)[C@H](CCC(=O)O)NC(=O)[C@@H](N)CS)C(=O)N[C@@H](CCC(=O)O)C(=O)N[C@H]([C]=O)CC(=O)O. The molecule has 4 amide bonds. The van der Waals surface area contributed by atoms with Crippen LogP contribution in [-0.4, -0.2) is 99.1 Å². The third-order valence-electron chi connectivity index (χ3n) is 5.18. The molecule has 0 aliphatic heterocycles. The lowest BCUT2D eigenvalue weighted by Crippen LogP contribution is -2.59. The van der Waals surface area contributed by atoms with E-state index in [4.69, 9.17) is 21.1 Å². The van der Waals surface area contributed by atoms with Crippen molar-refractivity contribution in [2.24, 2.45) is 11.7 Å². The Morgan fingerprint density at radius 1 is 0.744 bits per heavy atom. The van der Waals surface area contributed by atoms with Gasteiger partial charge in [0.25, 0.3) is 0 Å². The molecule has 1 radical (unpaired) electrons. The average molecular weight is 577 g/mol. The first-order valence-electron chi connectivity index (χ1n) is 11.7. The fraction of sp³-hybridized carbons (Fsp3) is 0.636. The fourth-order valence-electron chi connectivity index (χ4n) is 3.05. The monoisotopic (exact) mass is 576 g/mol. The second kappa shape index (κ2) is 17.7. The summed E-state index contributed by atoms with van der Waals surface area (Å²) in [5.74, 6) is -8.36. The molecule has 5 atom stereocenters. The molecule has 0 aliphatic rings. The first-order chi connectivity index (χ1) is 18.1. The van der Waals surface area contributed by atoms with Gasteiger partial charge in [-0.1, -0.05) is 13.8 Å². The minimum atomic E-state index is -1.57. The van der Waals surface area contributed by atoms with Gasteiger partial charge in [-0.2, -0.15) is 12.6 Å². The molecule has 9 N–H and O–H groups in total. The summed E-state index contributed by atoms with van der Waals surface area (Å²) in [5.41, 5.74) is 5.59. The Hall–Kier alpha value is -3.73. The van der Waals surface area contributed by atoms with Crippen molar-refractivity contribution in [3.63, 3.8) is 0 Å². The number of nitrogens with two attached hydrogens (primary N) is 1. The van der Waals surface area contributed by atoms with E-state index in [-0.39, 0.29) is 12.2 Å². The Labute approximate surface area is 229 Å². The van der Waals surface area contributed by atoms with E-state index in [1.165, 1.54) is 20.1 Å². The number of hydrogen-bond donors (Lipinski definition) is 9. The molecule has 0 fully saturated rings. The molecular formula is C22H34N5O11S. The van der Waals surface area contributed by atoms with Crippen molar-refractivity contribution in [3.05, 3.63) is 0 Å². The molecule has 0 aromatic rings. The molecule has 17 heteroatoms. The van der Waals surface area contributed by atoms with Gasteiger partial charge in [-0.05, 0) is 18.8 Å². The van der Waals surface area contributed by atoms with Crippen LogP contribution >= 0.6 is 12.6 Å². The number of carbonyl (C=O) groups is 7. The summed E-state index contributed by atoms with van der Waals surface area (Å²) in [6.07, 6.45) is -1.35. The predicted molar refractivity (Wildman–Crippen MR) is 136 cm³/mol. The lowest BCUT2D eigenvalue weighted by Gasteiger charge is -2.27. The normalized spacial score (nSPS) is 14.6. The maximum Gasteiger partial charge on any atom is 0.305 e. The van der Waals surface area contributed by atoms with Gasteiger partial charge in [0.05, 0.1) is 12.5 Å². The Kier molecular flexibility index (Phi) is 16.0. The van der Waals surface area contributed by atoms with Crippen molar-refractivity contribution in [3.8, 4) is 0 Å². The van der Waals surface area contributed by atoms with Gasteiger partial charge in [-0.25, -0.2) is 0 Å². The first-order valence-corrected chi connectivity index (χ1v) is 12.4. The number of nitrogens with one attached hydrogen (secondary N) is 4. The molecule has 0 bridgehead atoms. The van der Waals surface area contributed by atoms with Crippen LogP contribution in [0.15, 0.2) is 0 Å². The highest BCUT2D eigenvalue weighted by molar-refractivity contribution is 7.80. The largest absolute Gasteiger partial charge is 0.481 e. The fourth-order valence-corrected chi connectivity index (χ4v) is 3.22. The summed E-state index contributed by atoms with van der Waals surface area (Å²) < 4.78 is 0. The van der Waals surface area contributed by atoms with Gasteiger partial charge in [0.1, 0.15) is 24.2 Å². The summed E-state index contributed by atoms with van der Waals surface area (Å²) in [4.78, 5) is 94.7. The van der Waals surface area contributed by atoms with Crippen LogP contribution in [0.2, 0.25) is 0 Å². The molecule has 0 aromatic heterocycles. The molecule has 39 heavy (non-hydrogen) atoms. The first kappa shape index (κ1) is 35.3. The van der Waals surface area contributed by atoms with Gasteiger partial charge in [-0.15, -0.1) is 0 Å². The molecule has 0 aromatic carbocycles. The second-order valence-electron chi connectivity index (χ2n) is 8.78. The van der Waals surface area contributed by atoms with E-state index in [0.29, 0.717) is 0 Å². The minimum Gasteiger partial charge on any atom is -0.481 e. The number of thiol groups is 1. The van der Waals surface area contributed by atoms with Crippen LogP contribution in [-0.2, 0) is 38.4 Å². The van der Waals surface area contributed by atoms with Gasteiger partial charge >= 0.3 is 17.9 Å². The second-order valence-corrected chi connectivity index (χ2v) is 9.15. The van der Waals surface area contributed by atoms with Crippen LogP contribution in [0, 0.1) is 5.92 Å². The highest BCUT2D eigenvalue weighted by atomic mass is 32.1. The van der Waals surface area contributed by atoms with Gasteiger partial charge < -0.3 is 42.3 Å². The van der Waals surface area contributed by atoms with E-state index in [0.717, 1.165) is 0 Å². The van der Waals surface area contributed by atoms with E-state index in [1.54, 1.807) is 0 Å². The number of aliphatic carboxylic acids is 3. The number of hydrogen-bond acceptors (Lipinski definition) is 10. The summed E-state index contributed by atoms with van der Waals surface area (Å²) >= 11 is 3.89. The summed E-state index contributed by atoms with van der Waals surface area (Å²) in [6, 6.07) is -6.93. The van der Waals surface area contributed by atoms with Crippen LogP contribution in [0.3, 0.4) is 0 Å². The smallest absolute Gasteiger partial charge is 0.305 e. The maximum atomic E-state index is 13.0. The molecule has 0 spiro atoms. The van der Waals surface area contributed by atoms with E-state index < -0.39 is 103 Å². The molecular weight excluding hydrogens is 542 g/mol. The van der Waals surface area contributed by atoms with Gasteiger partial charge in [-0.3, -0.25) is 38.4 Å². The summed E-state index contributed by atoms with van der Waals surface area (Å²) in [6.45, 7) is 3.06. The minimum absolute atomic E-state index is 0.0644. The van der Waals surface area contributed by atoms with E-state index in [1.807, 2.05) is 0 Å². The molecule has 0 saturated heterocycles. The van der Waals surface area contributed by atoms with E-state index in [9.17, 15) is 38.4 Å². The third-order valence-corrected chi connectivity index (χ3v) is 5.57. The van der Waals surface area contributed by atoms with Crippen molar-refractivity contribution in [1.82, 2.24) is 21.3 Å². The quantitative estimate of drug-likeness (QED) is 0.0703. The highest BCUT2D eigenvalue weighted by Gasteiger charge is 2.33. The number of carboxylic acid groups (broad SMARTS) is 3. The zero-order valence-electron chi connectivity index (χ0n) is 21.3. The lowest BCUT2D eigenvalue weighted by molar-refractivity contribution is -0.139. The molecule has 219 valence electrons. The van der Waals surface area contributed by atoms with Crippen LogP contribution in [0.5, 0.6) is 0 Å². The van der Waals surface area contributed by atoms with Gasteiger partial charge in [0.15, 0.2) is 0 Å². The third kappa shape index (κ3) is 14.1. The average Bonchev–Trinajstić information content (AvgIpc) is 2.84. The van der Waals surface area contributed by atoms with Crippen molar-refractivity contribution in [1.29, 1.82) is 0 Å². The standard InChI is InChI=1S/C22H34N5O11S/c1-10(2)18(27-21(37)14(4-6-16(31)32)25-19(35)12(23)9-39)22(38)26-13(3-5-15(29)30)20(36)24-11(8-28)7-17(33)34/h10-14,18,39H,3-7,9,23H2,1-2H3,(H,24,36)(H,25,35)(H,26,38)(H,27,37)(H,29,30)(H,31,32)(H,33,34)/t11-,12-,13-,14-,18-/m0/s1. The highest BCUT2D eigenvalue weighted by Crippen LogP contribution is 2.08. The maximum absolute atomic E-state index is 13.0. The van der Waals surface area contributed by atoms with Crippen molar-refractivity contribution in [2.75, 3.05) is 5.75 Å². The van der Waals surface area contributed by atoms with Crippen LogP contribution in [0.4, 0.5) is 0 Å². The Morgan fingerprint density at radius 3 is 1.59 bits per heavy atom. The summed E-state index contributed by atoms with van der Waals surface area (Å²) in [5, 5.41) is 35.8.